The Kier molecular flexibility index (Phi) is 3.56. The van der Waals surface area contributed by atoms with Crippen LogP contribution in [0.5, 0.6) is 0 Å². The number of halogens is 1. The van der Waals surface area contributed by atoms with Gasteiger partial charge in [0.25, 0.3) is 0 Å². The highest BCUT2D eigenvalue weighted by Gasteiger charge is 2.17. The minimum absolute atomic E-state index is 0.0552. The molecule has 0 spiro atoms. The van der Waals surface area contributed by atoms with Crippen LogP contribution in [0.4, 0.5) is 0 Å². The number of aromatic nitrogens is 1. The van der Waals surface area contributed by atoms with Gasteiger partial charge in [-0.2, -0.15) is 0 Å². The second-order valence-electron chi connectivity index (χ2n) is 2.22. The SMILES string of the molecule is COC(=O)c1nc(Cl)ccc1S(=O)O. The summed E-state index contributed by atoms with van der Waals surface area (Å²) in [7, 11) is 1.15. The molecule has 1 heterocycles. The summed E-state index contributed by atoms with van der Waals surface area (Å²) in [6.45, 7) is 0. The van der Waals surface area contributed by atoms with Crippen LogP contribution in [0.1, 0.15) is 10.5 Å². The maximum Gasteiger partial charge on any atom is 0.358 e. The Labute approximate surface area is 87.3 Å². The van der Waals surface area contributed by atoms with Gasteiger partial charge in [0, 0.05) is 0 Å². The van der Waals surface area contributed by atoms with E-state index in [1.807, 2.05) is 0 Å². The Hall–Kier alpha value is -0.980. The van der Waals surface area contributed by atoms with Crippen molar-refractivity contribution in [3.63, 3.8) is 0 Å². The number of carbonyl (C=O) groups is 1. The minimum Gasteiger partial charge on any atom is -0.464 e. The van der Waals surface area contributed by atoms with Crippen LogP contribution in [0.15, 0.2) is 17.0 Å². The first kappa shape index (κ1) is 11.1. The Bertz CT molecular complexity index is 395. The number of ether oxygens (including phenoxy) is 1. The molecule has 5 nitrogen and oxygen atoms in total. The molecule has 1 unspecified atom stereocenters. The van der Waals surface area contributed by atoms with Gasteiger partial charge in [-0.05, 0) is 12.1 Å². The number of rotatable bonds is 2. The Morgan fingerprint density at radius 1 is 1.64 bits per heavy atom. The molecule has 1 N–H and O–H groups in total. The number of hydrogen-bond acceptors (Lipinski definition) is 4. The molecule has 1 rings (SSSR count). The van der Waals surface area contributed by atoms with Crippen molar-refractivity contribution in [1.82, 2.24) is 4.98 Å². The molecule has 0 fully saturated rings. The van der Waals surface area contributed by atoms with Gasteiger partial charge in [-0.15, -0.1) is 0 Å². The maximum absolute atomic E-state index is 11.1. The monoisotopic (exact) mass is 235 g/mol. The van der Waals surface area contributed by atoms with Crippen LogP contribution < -0.4 is 0 Å². The summed E-state index contributed by atoms with van der Waals surface area (Å²) in [4.78, 5) is 14.6. The lowest BCUT2D eigenvalue weighted by molar-refractivity contribution is 0.0589. The van der Waals surface area contributed by atoms with E-state index in [0.29, 0.717) is 0 Å². The molecule has 0 aliphatic carbocycles. The Morgan fingerprint density at radius 2 is 2.29 bits per heavy atom. The maximum atomic E-state index is 11.1. The number of nitrogens with zero attached hydrogens (tertiary/aromatic N) is 1. The molecule has 1 aromatic rings. The predicted octanol–water partition coefficient (Wildman–Crippen LogP) is 1.10. The van der Waals surface area contributed by atoms with Gasteiger partial charge in [-0.1, -0.05) is 11.6 Å². The number of pyridine rings is 1. The molecule has 0 bridgehead atoms. The molecule has 76 valence electrons. The largest absolute Gasteiger partial charge is 0.464 e. The van der Waals surface area contributed by atoms with E-state index in [-0.39, 0.29) is 15.7 Å². The van der Waals surface area contributed by atoms with Crippen molar-refractivity contribution in [3.8, 4) is 0 Å². The van der Waals surface area contributed by atoms with Gasteiger partial charge in [0.05, 0.1) is 12.0 Å². The fourth-order valence-electron chi connectivity index (χ4n) is 0.806. The first-order chi connectivity index (χ1) is 6.56. The number of hydrogen-bond donors (Lipinski definition) is 1. The highest BCUT2D eigenvalue weighted by molar-refractivity contribution is 7.79. The van der Waals surface area contributed by atoms with E-state index in [2.05, 4.69) is 9.72 Å². The number of carbonyl (C=O) groups excluding carboxylic acids is 1. The van der Waals surface area contributed by atoms with Crippen LogP contribution in [-0.2, 0) is 15.8 Å². The third-order valence-corrected chi connectivity index (χ3v) is 2.31. The topological polar surface area (TPSA) is 76.5 Å². The van der Waals surface area contributed by atoms with Crippen LogP contribution in [0.25, 0.3) is 0 Å². The molecule has 7 heteroatoms. The molecule has 0 radical (unpaired) electrons. The first-order valence-electron chi connectivity index (χ1n) is 3.42. The van der Waals surface area contributed by atoms with E-state index in [9.17, 15) is 9.00 Å². The first-order valence-corrected chi connectivity index (χ1v) is 4.90. The minimum atomic E-state index is -2.29. The molecule has 0 amide bonds. The summed E-state index contributed by atoms with van der Waals surface area (Å²) in [6.07, 6.45) is 0. The van der Waals surface area contributed by atoms with Gasteiger partial charge >= 0.3 is 5.97 Å². The van der Waals surface area contributed by atoms with Crippen LogP contribution in [-0.4, -0.2) is 26.8 Å². The molecule has 0 aromatic carbocycles. The quantitative estimate of drug-likeness (QED) is 0.472. The lowest BCUT2D eigenvalue weighted by Crippen LogP contribution is -2.09. The lowest BCUT2D eigenvalue weighted by Gasteiger charge is -2.02. The summed E-state index contributed by atoms with van der Waals surface area (Å²) in [6, 6.07) is 2.56. The molecule has 1 atom stereocenters. The van der Waals surface area contributed by atoms with Gasteiger partial charge in [-0.25, -0.2) is 14.0 Å². The lowest BCUT2D eigenvalue weighted by atomic mass is 10.3. The zero-order valence-corrected chi connectivity index (χ0v) is 8.63. The Balaban J connectivity index is 3.29. The predicted molar refractivity (Wildman–Crippen MR) is 49.6 cm³/mol. The van der Waals surface area contributed by atoms with Crippen molar-refractivity contribution in [1.29, 1.82) is 0 Å². The highest BCUT2D eigenvalue weighted by Crippen LogP contribution is 2.15. The normalized spacial score (nSPS) is 12.2. The molecule has 0 saturated heterocycles. The van der Waals surface area contributed by atoms with Gasteiger partial charge in [-0.3, -0.25) is 0 Å². The van der Waals surface area contributed by atoms with Crippen LogP contribution in [0.3, 0.4) is 0 Å². The molecule has 0 aliphatic rings. The fourth-order valence-corrected chi connectivity index (χ4v) is 1.43. The smallest absolute Gasteiger partial charge is 0.358 e. The van der Waals surface area contributed by atoms with E-state index in [1.165, 1.54) is 12.1 Å². The van der Waals surface area contributed by atoms with Crippen molar-refractivity contribution in [2.24, 2.45) is 0 Å². The third kappa shape index (κ3) is 2.28. The number of methoxy groups -OCH3 is 1. The third-order valence-electron chi connectivity index (χ3n) is 1.39. The summed E-state index contributed by atoms with van der Waals surface area (Å²) in [5.41, 5.74) is -0.249. The average molecular weight is 236 g/mol. The molecule has 1 aromatic heterocycles. The highest BCUT2D eigenvalue weighted by atomic mass is 35.5. The van der Waals surface area contributed by atoms with Crippen molar-refractivity contribution < 1.29 is 18.3 Å². The van der Waals surface area contributed by atoms with Crippen LogP contribution in [0, 0.1) is 0 Å². The summed E-state index contributed by atoms with van der Waals surface area (Å²) < 4.78 is 24.0. The second-order valence-corrected chi connectivity index (χ2v) is 3.55. The van der Waals surface area contributed by atoms with Crippen molar-refractivity contribution in [2.45, 2.75) is 4.90 Å². The molecular weight excluding hydrogens is 230 g/mol. The van der Waals surface area contributed by atoms with Crippen molar-refractivity contribution >= 4 is 28.7 Å². The average Bonchev–Trinajstić information content (AvgIpc) is 2.16. The van der Waals surface area contributed by atoms with E-state index in [0.717, 1.165) is 7.11 Å². The van der Waals surface area contributed by atoms with Crippen LogP contribution in [0.2, 0.25) is 5.15 Å². The van der Waals surface area contributed by atoms with E-state index < -0.39 is 17.0 Å². The van der Waals surface area contributed by atoms with Gasteiger partial charge < -0.3 is 9.29 Å². The van der Waals surface area contributed by atoms with Crippen molar-refractivity contribution in [3.05, 3.63) is 23.0 Å². The van der Waals surface area contributed by atoms with E-state index in [1.54, 1.807) is 0 Å². The van der Waals surface area contributed by atoms with Gasteiger partial charge in [0.15, 0.2) is 16.8 Å². The Morgan fingerprint density at radius 3 is 2.79 bits per heavy atom. The standard InChI is InChI=1S/C7H6ClNO4S/c1-13-7(10)6-4(14(11)12)2-3-5(8)9-6/h2-3H,1H3,(H,11,12). The van der Waals surface area contributed by atoms with Gasteiger partial charge in [0.1, 0.15) is 5.15 Å². The molecule has 14 heavy (non-hydrogen) atoms. The summed E-state index contributed by atoms with van der Waals surface area (Å²) >= 11 is 3.23. The summed E-state index contributed by atoms with van der Waals surface area (Å²) in [5, 5.41) is 0.0552. The molecule has 0 aliphatic heterocycles. The van der Waals surface area contributed by atoms with E-state index >= 15 is 0 Å². The molecule has 0 saturated carbocycles. The van der Waals surface area contributed by atoms with E-state index in [4.69, 9.17) is 16.2 Å². The summed E-state index contributed by atoms with van der Waals surface area (Å²) in [5.74, 6) is -0.801. The van der Waals surface area contributed by atoms with Crippen molar-refractivity contribution in [2.75, 3.05) is 7.11 Å². The van der Waals surface area contributed by atoms with Crippen LogP contribution >= 0.6 is 11.6 Å². The zero-order chi connectivity index (χ0) is 10.7. The fraction of sp³-hybridized carbons (Fsp3) is 0.143. The number of esters is 1. The second kappa shape index (κ2) is 4.50. The van der Waals surface area contributed by atoms with Gasteiger partial charge in [0.2, 0.25) is 0 Å². The zero-order valence-electron chi connectivity index (χ0n) is 7.06. The molecular formula is C7H6ClNO4S.